The topological polar surface area (TPSA) is 105 Å². The van der Waals surface area contributed by atoms with Gasteiger partial charge in [0, 0.05) is 0 Å². The molecule has 2 atom stereocenters. The van der Waals surface area contributed by atoms with E-state index in [1.807, 2.05) is 38.1 Å². The van der Waals surface area contributed by atoms with Crippen molar-refractivity contribution in [2.45, 2.75) is 39.9 Å². The van der Waals surface area contributed by atoms with Crippen LogP contribution in [0.5, 0.6) is 0 Å². The Morgan fingerprint density at radius 1 is 0.500 bits per heavy atom. The lowest BCUT2D eigenvalue weighted by atomic mass is 10.1. The molecule has 38 heavy (non-hydrogen) atoms. The van der Waals surface area contributed by atoms with Crippen LogP contribution in [0.3, 0.4) is 0 Å². The van der Waals surface area contributed by atoms with E-state index in [4.69, 9.17) is 18.9 Å². The highest BCUT2D eigenvalue weighted by molar-refractivity contribution is 5.93. The first-order chi connectivity index (χ1) is 18.1. The fraction of sp³-hybridized carbons (Fsp3) is 0.267. The predicted octanol–water partition coefficient (Wildman–Crippen LogP) is 5.11. The number of carbonyl (C=O) groups excluding carboxylic acids is 4. The number of aryl methyl sites for hydroxylation is 2. The first-order valence-corrected chi connectivity index (χ1v) is 12.1. The second-order valence-electron chi connectivity index (χ2n) is 8.94. The molecule has 0 fully saturated rings. The minimum atomic E-state index is -0.675. The van der Waals surface area contributed by atoms with Crippen LogP contribution in [0.25, 0.3) is 0 Å². The van der Waals surface area contributed by atoms with Crippen LogP contribution >= 0.6 is 0 Å². The first kappa shape index (κ1) is 28.1. The van der Waals surface area contributed by atoms with Crippen molar-refractivity contribution in [1.82, 2.24) is 0 Å². The van der Waals surface area contributed by atoms with Crippen LogP contribution in [-0.4, -0.2) is 49.3 Å². The molecule has 0 aromatic heterocycles. The third kappa shape index (κ3) is 8.30. The van der Waals surface area contributed by atoms with E-state index in [0.29, 0.717) is 11.1 Å². The highest BCUT2D eigenvalue weighted by atomic mass is 16.6. The smallest absolute Gasteiger partial charge is 0.338 e. The zero-order valence-electron chi connectivity index (χ0n) is 21.8. The number of carbonyl (C=O) groups is 4. The molecule has 0 N–H and O–H groups in total. The van der Waals surface area contributed by atoms with E-state index in [-0.39, 0.29) is 24.3 Å². The molecule has 8 heteroatoms. The molecule has 3 aromatic rings. The molecular formula is C30H30O8. The Balaban J connectivity index is 1.42. The first-order valence-electron chi connectivity index (χ1n) is 12.1. The summed E-state index contributed by atoms with van der Waals surface area (Å²) in [6.07, 6.45) is -1.32. The molecule has 0 saturated carbocycles. The van der Waals surface area contributed by atoms with Gasteiger partial charge in [-0.2, -0.15) is 0 Å². The summed E-state index contributed by atoms with van der Waals surface area (Å²) in [7, 11) is 0. The van der Waals surface area contributed by atoms with E-state index in [1.54, 1.807) is 38.1 Å². The fourth-order valence-electron chi connectivity index (χ4n) is 3.24. The van der Waals surface area contributed by atoms with Gasteiger partial charge in [-0.3, -0.25) is 0 Å². The lowest BCUT2D eigenvalue weighted by molar-refractivity contribution is 0.00425. The van der Waals surface area contributed by atoms with E-state index in [9.17, 15) is 19.2 Å². The zero-order valence-corrected chi connectivity index (χ0v) is 21.8. The van der Waals surface area contributed by atoms with Crippen LogP contribution in [0.4, 0.5) is 0 Å². The highest BCUT2D eigenvalue weighted by Crippen LogP contribution is 2.12. The monoisotopic (exact) mass is 518 g/mol. The Kier molecular flexibility index (Phi) is 9.76. The second-order valence-corrected chi connectivity index (χ2v) is 8.94. The molecule has 0 amide bonds. The number of benzene rings is 3. The van der Waals surface area contributed by atoms with Gasteiger partial charge in [0.2, 0.25) is 0 Å². The van der Waals surface area contributed by atoms with Crippen molar-refractivity contribution in [2.24, 2.45) is 0 Å². The Bertz CT molecular complexity index is 1260. The number of ether oxygens (including phenoxy) is 4. The Labute approximate surface area is 221 Å². The van der Waals surface area contributed by atoms with Gasteiger partial charge in [-0.15, -0.1) is 0 Å². The summed E-state index contributed by atoms with van der Waals surface area (Å²) in [4.78, 5) is 49.1. The van der Waals surface area contributed by atoms with Crippen molar-refractivity contribution >= 4 is 23.9 Å². The highest BCUT2D eigenvalue weighted by Gasteiger charge is 2.18. The van der Waals surface area contributed by atoms with Gasteiger partial charge in [-0.1, -0.05) is 35.4 Å². The van der Waals surface area contributed by atoms with Crippen molar-refractivity contribution in [3.8, 4) is 0 Å². The van der Waals surface area contributed by atoms with E-state index < -0.39 is 36.1 Å². The van der Waals surface area contributed by atoms with Crippen molar-refractivity contribution in [2.75, 3.05) is 13.2 Å². The zero-order chi connectivity index (χ0) is 27.7. The molecule has 2 unspecified atom stereocenters. The molecule has 198 valence electrons. The maximum atomic E-state index is 12.4. The summed E-state index contributed by atoms with van der Waals surface area (Å²) in [5, 5.41) is 0. The standard InChI is InChI=1S/C30H30O8/c1-19-5-9-23(10-6-19)27(31)35-17-22(4)38-30(34)26-15-13-24(14-16-26)28(32)36-18-21(3)37-29(33)25-11-7-20(2)8-12-25/h5-16,21-22H,17-18H2,1-4H3. The van der Waals surface area contributed by atoms with Gasteiger partial charge in [-0.05, 0) is 76.2 Å². The lowest BCUT2D eigenvalue weighted by Crippen LogP contribution is -2.23. The second kappa shape index (κ2) is 13.2. The molecule has 0 aliphatic rings. The number of esters is 4. The van der Waals surface area contributed by atoms with E-state index >= 15 is 0 Å². The molecule has 0 aliphatic carbocycles. The lowest BCUT2D eigenvalue weighted by Gasteiger charge is -2.14. The average Bonchev–Trinajstić information content (AvgIpc) is 2.91. The summed E-state index contributed by atoms with van der Waals surface area (Å²) in [6.45, 7) is 6.84. The minimum absolute atomic E-state index is 0.102. The Morgan fingerprint density at radius 2 is 0.763 bits per heavy atom. The largest absolute Gasteiger partial charge is 0.458 e. The van der Waals surface area contributed by atoms with Crippen LogP contribution in [0.15, 0.2) is 72.8 Å². The van der Waals surface area contributed by atoms with Crippen molar-refractivity contribution < 1.29 is 38.1 Å². The van der Waals surface area contributed by atoms with Crippen molar-refractivity contribution in [3.05, 3.63) is 106 Å². The molecule has 0 aliphatic heterocycles. The molecule has 8 nitrogen and oxygen atoms in total. The quantitative estimate of drug-likeness (QED) is 0.269. The number of hydrogen-bond donors (Lipinski definition) is 0. The van der Waals surface area contributed by atoms with Crippen molar-refractivity contribution in [1.29, 1.82) is 0 Å². The molecule has 0 saturated heterocycles. The van der Waals surface area contributed by atoms with Gasteiger partial charge in [-0.25, -0.2) is 19.2 Å². The maximum absolute atomic E-state index is 12.4. The Hall–Kier alpha value is -4.46. The predicted molar refractivity (Wildman–Crippen MR) is 139 cm³/mol. The fourth-order valence-corrected chi connectivity index (χ4v) is 3.24. The van der Waals surface area contributed by atoms with Gasteiger partial charge in [0.05, 0.1) is 22.3 Å². The molecule has 0 bridgehead atoms. The normalized spacial score (nSPS) is 12.1. The summed E-state index contributed by atoms with van der Waals surface area (Å²) in [5.41, 5.74) is 3.32. The average molecular weight is 519 g/mol. The minimum Gasteiger partial charge on any atom is -0.458 e. The number of rotatable bonds is 10. The van der Waals surface area contributed by atoms with Gasteiger partial charge >= 0.3 is 23.9 Å². The van der Waals surface area contributed by atoms with Crippen LogP contribution < -0.4 is 0 Å². The maximum Gasteiger partial charge on any atom is 0.338 e. The van der Waals surface area contributed by atoms with Gasteiger partial charge in [0.25, 0.3) is 0 Å². The third-order valence-electron chi connectivity index (χ3n) is 5.45. The molecule has 0 spiro atoms. The van der Waals surface area contributed by atoms with Gasteiger partial charge < -0.3 is 18.9 Å². The van der Waals surface area contributed by atoms with Gasteiger partial charge in [0.15, 0.2) is 0 Å². The summed E-state index contributed by atoms with van der Waals surface area (Å²) in [5.74, 6) is -2.26. The van der Waals surface area contributed by atoms with E-state index in [1.165, 1.54) is 24.3 Å². The van der Waals surface area contributed by atoms with Crippen LogP contribution in [0.1, 0.15) is 66.4 Å². The summed E-state index contributed by atoms with van der Waals surface area (Å²) < 4.78 is 21.1. The summed E-state index contributed by atoms with van der Waals surface area (Å²) in [6, 6.07) is 19.6. The van der Waals surface area contributed by atoms with Crippen LogP contribution in [0.2, 0.25) is 0 Å². The molecule has 3 aromatic carbocycles. The van der Waals surface area contributed by atoms with Crippen LogP contribution in [0, 0.1) is 13.8 Å². The molecular weight excluding hydrogens is 488 g/mol. The van der Waals surface area contributed by atoms with Crippen molar-refractivity contribution in [3.63, 3.8) is 0 Å². The molecule has 0 heterocycles. The number of hydrogen-bond acceptors (Lipinski definition) is 8. The molecule has 0 radical (unpaired) electrons. The van der Waals surface area contributed by atoms with Gasteiger partial charge in [0.1, 0.15) is 25.4 Å². The van der Waals surface area contributed by atoms with E-state index in [0.717, 1.165) is 11.1 Å². The van der Waals surface area contributed by atoms with Crippen LogP contribution in [-0.2, 0) is 18.9 Å². The third-order valence-corrected chi connectivity index (χ3v) is 5.45. The SMILES string of the molecule is Cc1ccc(C(=O)OCC(C)OC(=O)c2ccc(C(=O)OCC(C)OC(=O)c3ccc(C)cc3)cc2)cc1. The Morgan fingerprint density at radius 3 is 1.08 bits per heavy atom. The molecule has 3 rings (SSSR count). The van der Waals surface area contributed by atoms with E-state index in [2.05, 4.69) is 0 Å². The summed E-state index contributed by atoms with van der Waals surface area (Å²) >= 11 is 0.